The molecule has 0 aromatic heterocycles. The van der Waals surface area contributed by atoms with Crippen molar-refractivity contribution in [1.29, 1.82) is 5.41 Å². The SMILES string of the molecule is N=C1C=CC(=C(c2ccc(Oc3ccccc3)cc2)c2ccc(N3CCCC3)cc2)C=C1. The number of rotatable bonds is 5. The summed E-state index contributed by atoms with van der Waals surface area (Å²) in [4.78, 5) is 2.45. The first-order chi connectivity index (χ1) is 15.8. The molecule has 2 aliphatic rings. The molecule has 0 amide bonds. The number of nitrogens with zero attached hydrogens (tertiary/aromatic N) is 1. The highest BCUT2D eigenvalue weighted by atomic mass is 16.5. The summed E-state index contributed by atoms with van der Waals surface area (Å²) in [6.07, 6.45) is 10.3. The van der Waals surface area contributed by atoms with E-state index in [0.717, 1.165) is 41.3 Å². The van der Waals surface area contributed by atoms with Crippen LogP contribution in [0, 0.1) is 5.41 Å². The molecule has 1 aliphatic heterocycles. The molecular formula is C29H26N2O. The van der Waals surface area contributed by atoms with E-state index >= 15 is 0 Å². The summed E-state index contributed by atoms with van der Waals surface area (Å²) in [6.45, 7) is 2.29. The van der Waals surface area contributed by atoms with Crippen LogP contribution in [0.3, 0.4) is 0 Å². The van der Waals surface area contributed by atoms with E-state index in [2.05, 4.69) is 41.3 Å². The van der Waals surface area contributed by atoms with Crippen LogP contribution in [0.2, 0.25) is 0 Å². The van der Waals surface area contributed by atoms with E-state index in [1.54, 1.807) is 0 Å². The molecule has 3 aromatic rings. The van der Waals surface area contributed by atoms with Gasteiger partial charge < -0.3 is 15.0 Å². The molecule has 0 saturated carbocycles. The van der Waals surface area contributed by atoms with E-state index < -0.39 is 0 Å². The quantitative estimate of drug-likeness (QED) is 0.483. The molecule has 0 atom stereocenters. The fourth-order valence-corrected chi connectivity index (χ4v) is 4.27. The fraction of sp³-hybridized carbons (Fsp3) is 0.138. The largest absolute Gasteiger partial charge is 0.457 e. The van der Waals surface area contributed by atoms with Crippen LogP contribution in [0.4, 0.5) is 5.69 Å². The molecule has 158 valence electrons. The summed E-state index contributed by atoms with van der Waals surface area (Å²) >= 11 is 0. The van der Waals surface area contributed by atoms with Crippen LogP contribution >= 0.6 is 0 Å². The van der Waals surface area contributed by atoms with Crippen molar-refractivity contribution in [2.75, 3.05) is 18.0 Å². The van der Waals surface area contributed by atoms with E-state index in [4.69, 9.17) is 10.1 Å². The molecule has 0 unspecified atom stereocenters. The molecule has 1 saturated heterocycles. The first-order valence-corrected chi connectivity index (χ1v) is 11.1. The number of hydrogen-bond donors (Lipinski definition) is 1. The second-order valence-electron chi connectivity index (χ2n) is 8.13. The lowest BCUT2D eigenvalue weighted by atomic mass is 9.90. The molecule has 0 radical (unpaired) electrons. The van der Waals surface area contributed by atoms with Crippen LogP contribution < -0.4 is 9.64 Å². The molecule has 1 heterocycles. The van der Waals surface area contributed by atoms with E-state index in [1.165, 1.54) is 24.1 Å². The van der Waals surface area contributed by atoms with Gasteiger partial charge in [0, 0.05) is 18.8 Å². The number of benzene rings is 3. The highest BCUT2D eigenvalue weighted by Crippen LogP contribution is 2.33. The lowest BCUT2D eigenvalue weighted by Crippen LogP contribution is -2.17. The molecule has 1 N–H and O–H groups in total. The van der Waals surface area contributed by atoms with Gasteiger partial charge in [-0.15, -0.1) is 0 Å². The zero-order valence-corrected chi connectivity index (χ0v) is 18.0. The zero-order chi connectivity index (χ0) is 21.8. The van der Waals surface area contributed by atoms with Gasteiger partial charge in [-0.1, -0.05) is 54.6 Å². The number of hydrogen-bond acceptors (Lipinski definition) is 3. The lowest BCUT2D eigenvalue weighted by molar-refractivity contribution is 0.482. The third-order valence-electron chi connectivity index (χ3n) is 5.92. The van der Waals surface area contributed by atoms with Gasteiger partial charge in [-0.3, -0.25) is 0 Å². The van der Waals surface area contributed by atoms with Crippen LogP contribution in [0.15, 0.2) is 109 Å². The minimum atomic E-state index is 0.518. The van der Waals surface area contributed by atoms with E-state index in [-0.39, 0.29) is 0 Å². The van der Waals surface area contributed by atoms with E-state index in [0.29, 0.717) is 5.71 Å². The summed E-state index contributed by atoms with van der Waals surface area (Å²) in [5, 5.41) is 7.87. The molecule has 3 heteroatoms. The average Bonchev–Trinajstić information content (AvgIpc) is 3.38. The molecule has 0 spiro atoms. The summed E-state index contributed by atoms with van der Waals surface area (Å²) in [6, 6.07) is 27.0. The molecule has 5 rings (SSSR count). The zero-order valence-electron chi connectivity index (χ0n) is 18.0. The Morgan fingerprint density at radius 2 is 1.22 bits per heavy atom. The normalized spacial score (nSPS) is 15.3. The van der Waals surface area contributed by atoms with Gasteiger partial charge in [0.2, 0.25) is 0 Å². The van der Waals surface area contributed by atoms with Crippen molar-refractivity contribution in [3.63, 3.8) is 0 Å². The van der Waals surface area contributed by atoms with Gasteiger partial charge in [-0.05, 0) is 83.7 Å². The number of anilines is 1. The second kappa shape index (κ2) is 9.11. The van der Waals surface area contributed by atoms with Crippen LogP contribution in [-0.4, -0.2) is 18.8 Å². The summed E-state index contributed by atoms with van der Waals surface area (Å²) in [5.41, 5.74) is 6.36. The minimum absolute atomic E-state index is 0.518. The average molecular weight is 419 g/mol. The Bertz CT molecular complexity index is 1160. The molecule has 3 aromatic carbocycles. The van der Waals surface area contributed by atoms with Crippen LogP contribution in [-0.2, 0) is 0 Å². The first-order valence-electron chi connectivity index (χ1n) is 11.1. The summed E-state index contributed by atoms with van der Waals surface area (Å²) < 4.78 is 5.97. The predicted molar refractivity (Wildman–Crippen MR) is 133 cm³/mol. The van der Waals surface area contributed by atoms with Crippen molar-refractivity contribution in [3.8, 4) is 11.5 Å². The van der Waals surface area contributed by atoms with Gasteiger partial charge >= 0.3 is 0 Å². The molecule has 1 fully saturated rings. The molecule has 3 nitrogen and oxygen atoms in total. The lowest BCUT2D eigenvalue weighted by Gasteiger charge is -2.19. The Labute approximate surface area is 189 Å². The number of allylic oxidation sites excluding steroid dienone is 5. The maximum absolute atomic E-state index is 7.87. The molecular weight excluding hydrogens is 392 g/mol. The van der Waals surface area contributed by atoms with Crippen molar-refractivity contribution in [1.82, 2.24) is 0 Å². The first kappa shape index (κ1) is 20.1. The van der Waals surface area contributed by atoms with Crippen molar-refractivity contribution in [2.24, 2.45) is 0 Å². The molecule has 32 heavy (non-hydrogen) atoms. The second-order valence-corrected chi connectivity index (χ2v) is 8.13. The Kier molecular flexibility index (Phi) is 5.71. The maximum atomic E-state index is 7.87. The summed E-state index contributed by atoms with van der Waals surface area (Å²) in [5.74, 6) is 1.64. The van der Waals surface area contributed by atoms with E-state index in [1.807, 2.05) is 66.8 Å². The fourth-order valence-electron chi connectivity index (χ4n) is 4.27. The third-order valence-corrected chi connectivity index (χ3v) is 5.92. The van der Waals surface area contributed by atoms with Crippen LogP contribution in [0.5, 0.6) is 11.5 Å². The number of para-hydroxylation sites is 1. The Hall–Kier alpha value is -3.85. The van der Waals surface area contributed by atoms with Crippen molar-refractivity contribution in [3.05, 3.63) is 120 Å². The monoisotopic (exact) mass is 418 g/mol. The minimum Gasteiger partial charge on any atom is -0.457 e. The third kappa shape index (κ3) is 4.42. The maximum Gasteiger partial charge on any atom is 0.127 e. The van der Waals surface area contributed by atoms with Crippen molar-refractivity contribution >= 4 is 17.0 Å². The summed E-state index contributed by atoms with van der Waals surface area (Å²) in [7, 11) is 0. The highest BCUT2D eigenvalue weighted by molar-refractivity contribution is 6.05. The molecule has 0 bridgehead atoms. The smallest absolute Gasteiger partial charge is 0.127 e. The molecule has 1 aliphatic carbocycles. The van der Waals surface area contributed by atoms with Crippen LogP contribution in [0.25, 0.3) is 5.57 Å². The van der Waals surface area contributed by atoms with Gasteiger partial charge in [-0.25, -0.2) is 0 Å². The highest BCUT2D eigenvalue weighted by Gasteiger charge is 2.15. The van der Waals surface area contributed by atoms with E-state index in [9.17, 15) is 0 Å². The predicted octanol–water partition coefficient (Wildman–Crippen LogP) is 7.03. The number of ether oxygens (including phenoxy) is 1. The number of nitrogens with one attached hydrogen (secondary N) is 1. The van der Waals surface area contributed by atoms with Gasteiger partial charge in [0.1, 0.15) is 11.5 Å². The Balaban J connectivity index is 1.48. The van der Waals surface area contributed by atoms with Gasteiger partial charge in [0.05, 0.1) is 5.71 Å². The topological polar surface area (TPSA) is 36.3 Å². The van der Waals surface area contributed by atoms with Gasteiger partial charge in [0.25, 0.3) is 0 Å². The standard InChI is InChI=1S/C29H26N2O/c30-25-14-8-22(9-15-25)29(23-10-16-26(17-11-23)31-20-4-5-21-31)24-12-18-28(19-13-24)32-27-6-2-1-3-7-27/h1-3,6-19,30H,4-5,20-21H2. The Morgan fingerprint density at radius 3 is 1.84 bits per heavy atom. The van der Waals surface area contributed by atoms with Crippen molar-refractivity contribution < 1.29 is 4.74 Å². The van der Waals surface area contributed by atoms with Crippen molar-refractivity contribution in [2.45, 2.75) is 12.8 Å². The van der Waals surface area contributed by atoms with Gasteiger partial charge in [-0.2, -0.15) is 0 Å². The Morgan fingerprint density at radius 1 is 0.656 bits per heavy atom. The van der Waals surface area contributed by atoms with Gasteiger partial charge in [0.15, 0.2) is 0 Å². The van der Waals surface area contributed by atoms with Crippen LogP contribution in [0.1, 0.15) is 24.0 Å².